The fourth-order valence-corrected chi connectivity index (χ4v) is 2.23. The van der Waals surface area contributed by atoms with Gasteiger partial charge in [-0.3, -0.25) is 4.79 Å². The number of aromatic nitrogens is 1. The van der Waals surface area contributed by atoms with Crippen molar-refractivity contribution in [2.24, 2.45) is 7.05 Å². The van der Waals surface area contributed by atoms with Crippen molar-refractivity contribution in [1.29, 1.82) is 0 Å². The molecule has 0 aliphatic heterocycles. The van der Waals surface area contributed by atoms with Gasteiger partial charge in [-0.2, -0.15) is 0 Å². The molecule has 0 unspecified atom stereocenters. The molecule has 2 nitrogen and oxygen atoms in total. The van der Waals surface area contributed by atoms with Gasteiger partial charge in [0.05, 0.1) is 5.39 Å². The number of fused-ring (bicyclic) bond motifs is 1. The van der Waals surface area contributed by atoms with Crippen LogP contribution in [0.15, 0.2) is 23.1 Å². The van der Waals surface area contributed by atoms with Crippen molar-refractivity contribution >= 4 is 10.8 Å². The molecule has 1 aromatic heterocycles. The summed E-state index contributed by atoms with van der Waals surface area (Å²) < 4.78 is 28.7. The van der Waals surface area contributed by atoms with Gasteiger partial charge >= 0.3 is 0 Å². The Labute approximate surface area is 110 Å². The average Bonchev–Trinajstić information content (AvgIpc) is 2.32. The van der Waals surface area contributed by atoms with Crippen LogP contribution >= 0.6 is 0 Å². The molecule has 0 saturated heterocycles. The van der Waals surface area contributed by atoms with E-state index < -0.39 is 17.2 Å². The summed E-state index contributed by atoms with van der Waals surface area (Å²) in [4.78, 5) is 12.0. The highest BCUT2D eigenvalue weighted by Crippen LogP contribution is 2.32. The number of rotatable bonds is 2. The van der Waals surface area contributed by atoms with Gasteiger partial charge in [-0.05, 0) is 28.9 Å². The third-order valence-electron chi connectivity index (χ3n) is 3.82. The smallest absolute Gasteiger partial charge is 0.261 e. The van der Waals surface area contributed by atoms with E-state index in [-0.39, 0.29) is 10.8 Å². The van der Waals surface area contributed by atoms with Crippen molar-refractivity contribution in [3.05, 3.63) is 45.9 Å². The Balaban J connectivity index is 3.02. The molecule has 0 radical (unpaired) electrons. The summed E-state index contributed by atoms with van der Waals surface area (Å²) in [5, 5.41) is 0.329. The summed E-state index contributed by atoms with van der Waals surface area (Å²) in [6, 6.07) is 2.00. The normalized spacial score (nSPS) is 12.1. The maximum Gasteiger partial charge on any atom is 0.261 e. The van der Waals surface area contributed by atoms with E-state index in [4.69, 9.17) is 0 Å². The van der Waals surface area contributed by atoms with E-state index in [0.717, 1.165) is 18.1 Å². The molecule has 2 aromatic rings. The first-order valence-electron chi connectivity index (χ1n) is 6.27. The molecule has 102 valence electrons. The topological polar surface area (TPSA) is 22.0 Å². The molecule has 0 spiro atoms. The van der Waals surface area contributed by atoms with E-state index in [9.17, 15) is 13.6 Å². The van der Waals surface area contributed by atoms with Crippen molar-refractivity contribution in [2.75, 3.05) is 0 Å². The first-order valence-corrected chi connectivity index (χ1v) is 6.27. The maximum atomic E-state index is 13.9. The zero-order valence-electron chi connectivity index (χ0n) is 11.6. The summed E-state index contributed by atoms with van der Waals surface area (Å²) in [6.07, 6.45) is 2.48. The second kappa shape index (κ2) is 4.44. The van der Waals surface area contributed by atoms with Gasteiger partial charge in [0.1, 0.15) is 11.6 Å². The van der Waals surface area contributed by atoms with Crippen LogP contribution in [0.5, 0.6) is 0 Å². The molecule has 0 aliphatic rings. The van der Waals surface area contributed by atoms with Crippen molar-refractivity contribution in [2.45, 2.75) is 32.6 Å². The Kier molecular flexibility index (Phi) is 3.20. The second-order valence-electron chi connectivity index (χ2n) is 5.51. The minimum atomic E-state index is -0.802. The Morgan fingerprint density at radius 2 is 1.89 bits per heavy atom. The van der Waals surface area contributed by atoms with E-state index >= 15 is 0 Å². The monoisotopic (exact) mass is 265 g/mol. The van der Waals surface area contributed by atoms with Crippen LogP contribution < -0.4 is 5.56 Å². The van der Waals surface area contributed by atoms with E-state index in [1.165, 1.54) is 10.6 Å². The molecule has 0 N–H and O–H groups in total. The summed E-state index contributed by atoms with van der Waals surface area (Å²) in [6.45, 7) is 6.00. The number of hydrogen-bond acceptors (Lipinski definition) is 1. The van der Waals surface area contributed by atoms with Gasteiger partial charge in [0.25, 0.3) is 5.56 Å². The quantitative estimate of drug-likeness (QED) is 0.814. The number of pyridine rings is 1. The third kappa shape index (κ3) is 2.15. The summed E-state index contributed by atoms with van der Waals surface area (Å²) in [5.41, 5.74) is 0.0814. The van der Waals surface area contributed by atoms with Crippen LogP contribution in [0.1, 0.15) is 32.8 Å². The van der Waals surface area contributed by atoms with Gasteiger partial charge in [-0.1, -0.05) is 20.8 Å². The fourth-order valence-electron chi connectivity index (χ4n) is 2.23. The molecule has 1 aromatic carbocycles. The molecule has 0 amide bonds. The van der Waals surface area contributed by atoms with Gasteiger partial charge in [-0.25, -0.2) is 8.78 Å². The van der Waals surface area contributed by atoms with Crippen molar-refractivity contribution in [1.82, 2.24) is 4.57 Å². The molecule has 4 heteroatoms. The van der Waals surface area contributed by atoms with Crippen LogP contribution in [-0.2, 0) is 12.5 Å². The summed E-state index contributed by atoms with van der Waals surface area (Å²) >= 11 is 0. The zero-order valence-corrected chi connectivity index (χ0v) is 11.6. The molecule has 0 bridgehead atoms. The first-order chi connectivity index (χ1) is 8.77. The van der Waals surface area contributed by atoms with Crippen LogP contribution in [0.2, 0.25) is 0 Å². The fraction of sp³-hybridized carbons (Fsp3) is 0.400. The maximum absolute atomic E-state index is 13.9. The SMILES string of the molecule is CCC(C)(C)c1cn(C)c(=O)c2c(F)cc(F)cc12. The Hall–Kier alpha value is -1.71. The molecule has 0 saturated carbocycles. The third-order valence-corrected chi connectivity index (χ3v) is 3.82. The highest BCUT2D eigenvalue weighted by atomic mass is 19.1. The number of halogens is 2. The number of benzene rings is 1. The number of aryl methyl sites for hydroxylation is 1. The number of nitrogens with zero attached hydrogens (tertiary/aromatic N) is 1. The lowest BCUT2D eigenvalue weighted by atomic mass is 9.80. The lowest BCUT2D eigenvalue weighted by molar-refractivity contribution is 0.504. The van der Waals surface area contributed by atoms with Crippen LogP contribution in [0.3, 0.4) is 0 Å². The predicted octanol–water partition coefficient (Wildman–Crippen LogP) is 3.50. The average molecular weight is 265 g/mol. The van der Waals surface area contributed by atoms with Crippen LogP contribution in [-0.4, -0.2) is 4.57 Å². The Bertz CT molecular complexity index is 701. The molecule has 0 atom stereocenters. The predicted molar refractivity (Wildman–Crippen MR) is 72.4 cm³/mol. The van der Waals surface area contributed by atoms with E-state index in [1.54, 1.807) is 13.2 Å². The van der Waals surface area contributed by atoms with Crippen LogP contribution in [0.25, 0.3) is 10.8 Å². The van der Waals surface area contributed by atoms with E-state index in [2.05, 4.69) is 0 Å². The van der Waals surface area contributed by atoms with E-state index in [1.807, 2.05) is 20.8 Å². The molecule has 1 heterocycles. The van der Waals surface area contributed by atoms with Gasteiger partial charge in [0.2, 0.25) is 0 Å². The van der Waals surface area contributed by atoms with Crippen molar-refractivity contribution in [3.8, 4) is 0 Å². The van der Waals surface area contributed by atoms with Gasteiger partial charge in [0, 0.05) is 19.3 Å². The summed E-state index contributed by atoms with van der Waals surface area (Å²) in [5.74, 6) is -1.46. The first kappa shape index (κ1) is 13.7. The van der Waals surface area contributed by atoms with Crippen molar-refractivity contribution < 1.29 is 8.78 Å². The molecule has 2 rings (SSSR count). The largest absolute Gasteiger partial charge is 0.318 e. The molecule has 0 aliphatic carbocycles. The number of hydrogen-bond donors (Lipinski definition) is 0. The summed E-state index contributed by atoms with van der Waals surface area (Å²) in [7, 11) is 1.58. The van der Waals surface area contributed by atoms with E-state index in [0.29, 0.717) is 5.39 Å². The minimum absolute atomic E-state index is 0.0390. The molecular formula is C15H17F2NO. The highest BCUT2D eigenvalue weighted by Gasteiger charge is 2.24. The lowest BCUT2D eigenvalue weighted by Gasteiger charge is -2.25. The van der Waals surface area contributed by atoms with Gasteiger partial charge in [0.15, 0.2) is 0 Å². The standard InChI is InChI=1S/C15H17F2NO/c1-5-15(2,3)11-8-18(4)14(19)13-10(11)6-9(16)7-12(13)17/h6-8H,5H2,1-4H3. The lowest BCUT2D eigenvalue weighted by Crippen LogP contribution is -2.24. The zero-order chi connectivity index (χ0) is 14.4. The molecule has 0 fully saturated rings. The van der Waals surface area contributed by atoms with Crippen molar-refractivity contribution in [3.63, 3.8) is 0 Å². The Morgan fingerprint density at radius 3 is 2.47 bits per heavy atom. The second-order valence-corrected chi connectivity index (χ2v) is 5.51. The molecule has 19 heavy (non-hydrogen) atoms. The highest BCUT2D eigenvalue weighted by molar-refractivity contribution is 5.86. The minimum Gasteiger partial charge on any atom is -0.318 e. The van der Waals surface area contributed by atoms with Gasteiger partial charge < -0.3 is 4.57 Å². The van der Waals surface area contributed by atoms with Gasteiger partial charge in [-0.15, -0.1) is 0 Å². The molecular weight excluding hydrogens is 248 g/mol. The van der Waals surface area contributed by atoms with Crippen LogP contribution in [0, 0.1) is 11.6 Å². The van der Waals surface area contributed by atoms with Crippen LogP contribution in [0.4, 0.5) is 8.78 Å². The Morgan fingerprint density at radius 1 is 1.26 bits per heavy atom.